The molecule has 0 spiro atoms. The van der Waals surface area contributed by atoms with Gasteiger partial charge in [0, 0.05) is 37.7 Å². The van der Waals surface area contributed by atoms with Crippen molar-refractivity contribution >= 4 is 11.3 Å². The van der Waals surface area contributed by atoms with Crippen molar-refractivity contribution in [1.82, 2.24) is 19.5 Å². The highest BCUT2D eigenvalue weighted by Crippen LogP contribution is 2.27. The van der Waals surface area contributed by atoms with Crippen molar-refractivity contribution in [2.45, 2.75) is 38.1 Å². The maximum atomic E-state index is 5.20. The van der Waals surface area contributed by atoms with Gasteiger partial charge in [0.1, 0.15) is 0 Å². The summed E-state index contributed by atoms with van der Waals surface area (Å²) in [5.74, 6) is 1.39. The van der Waals surface area contributed by atoms with Crippen LogP contribution in [-0.2, 0) is 6.54 Å². The normalized spacial score (nSPS) is 21.7. The molecule has 3 aromatic rings. The van der Waals surface area contributed by atoms with Crippen molar-refractivity contribution < 1.29 is 4.42 Å². The number of nitrogens with zero attached hydrogens (tertiary/aromatic N) is 5. The van der Waals surface area contributed by atoms with Crippen molar-refractivity contribution in [2.75, 3.05) is 31.1 Å². The largest absolute Gasteiger partial charge is 0.472 e. The third-order valence-corrected chi connectivity index (χ3v) is 5.66. The summed E-state index contributed by atoms with van der Waals surface area (Å²) in [6.07, 6.45) is 10.7. The summed E-state index contributed by atoms with van der Waals surface area (Å²) in [7, 11) is 0. The van der Waals surface area contributed by atoms with E-state index < -0.39 is 0 Å². The van der Waals surface area contributed by atoms with Gasteiger partial charge in [-0.2, -0.15) is 5.10 Å². The number of anilines is 1. The van der Waals surface area contributed by atoms with E-state index in [4.69, 9.17) is 14.5 Å². The molecule has 5 heterocycles. The third-order valence-electron chi connectivity index (χ3n) is 5.66. The summed E-state index contributed by atoms with van der Waals surface area (Å²) in [5.41, 5.74) is 3.45. The van der Waals surface area contributed by atoms with E-state index in [1.165, 1.54) is 30.5 Å². The zero-order valence-electron chi connectivity index (χ0n) is 15.0. The lowest BCUT2D eigenvalue weighted by Gasteiger charge is -2.30. The van der Waals surface area contributed by atoms with E-state index >= 15 is 0 Å². The Balaban J connectivity index is 1.34. The molecule has 2 aliphatic rings. The van der Waals surface area contributed by atoms with Crippen LogP contribution in [0.4, 0.5) is 5.69 Å². The van der Waals surface area contributed by atoms with Crippen LogP contribution in [0.2, 0.25) is 0 Å². The van der Waals surface area contributed by atoms with E-state index in [-0.39, 0.29) is 0 Å². The Morgan fingerprint density at radius 2 is 2.00 bits per heavy atom. The van der Waals surface area contributed by atoms with Gasteiger partial charge < -0.3 is 9.32 Å². The minimum atomic E-state index is 0.408. The maximum absolute atomic E-state index is 5.20. The van der Waals surface area contributed by atoms with Crippen molar-refractivity contribution in [2.24, 2.45) is 0 Å². The molecule has 5 rings (SSSR count). The summed E-state index contributed by atoms with van der Waals surface area (Å²) >= 11 is 0. The standard InChI is InChI=1S/C20H25N5O/c1-2-10-24(9-1)18-5-6-19-21-20(22-25(19)14-18)17-4-3-8-23(13-17)12-16-7-11-26-15-16/h5-7,11,14-15,17H,1-4,8-10,12-13H2. The Labute approximate surface area is 153 Å². The van der Waals surface area contributed by atoms with Gasteiger partial charge in [-0.3, -0.25) is 4.90 Å². The van der Waals surface area contributed by atoms with Crippen LogP contribution in [0.5, 0.6) is 0 Å². The summed E-state index contributed by atoms with van der Waals surface area (Å²) in [5, 5.41) is 4.83. The Morgan fingerprint density at radius 3 is 2.85 bits per heavy atom. The first-order valence-electron chi connectivity index (χ1n) is 9.70. The van der Waals surface area contributed by atoms with Crippen molar-refractivity contribution in [3.8, 4) is 0 Å². The summed E-state index contributed by atoms with van der Waals surface area (Å²) in [6.45, 7) is 5.39. The predicted molar refractivity (Wildman–Crippen MR) is 100 cm³/mol. The molecule has 0 amide bonds. The molecule has 2 fully saturated rings. The number of aromatic nitrogens is 3. The summed E-state index contributed by atoms with van der Waals surface area (Å²) in [4.78, 5) is 9.75. The Hall–Kier alpha value is -2.34. The minimum Gasteiger partial charge on any atom is -0.472 e. The Kier molecular flexibility index (Phi) is 4.13. The molecular formula is C20H25N5O. The van der Waals surface area contributed by atoms with Crippen LogP contribution in [0.3, 0.4) is 0 Å². The number of hydrogen-bond donors (Lipinski definition) is 0. The second-order valence-electron chi connectivity index (χ2n) is 7.56. The van der Waals surface area contributed by atoms with Gasteiger partial charge in [0.05, 0.1) is 24.4 Å². The lowest BCUT2D eigenvalue weighted by molar-refractivity contribution is 0.196. The maximum Gasteiger partial charge on any atom is 0.156 e. The zero-order chi connectivity index (χ0) is 17.3. The molecule has 2 aliphatic heterocycles. The number of pyridine rings is 1. The van der Waals surface area contributed by atoms with E-state index in [2.05, 4.69) is 28.1 Å². The van der Waals surface area contributed by atoms with Crippen LogP contribution in [0.15, 0.2) is 41.3 Å². The lowest BCUT2D eigenvalue weighted by atomic mass is 9.97. The third kappa shape index (κ3) is 3.09. The molecule has 3 aromatic heterocycles. The zero-order valence-corrected chi connectivity index (χ0v) is 15.0. The highest BCUT2D eigenvalue weighted by Gasteiger charge is 2.25. The van der Waals surface area contributed by atoms with Crippen molar-refractivity contribution in [3.05, 3.63) is 48.3 Å². The van der Waals surface area contributed by atoms with Crippen LogP contribution in [0.1, 0.15) is 43.0 Å². The van der Waals surface area contributed by atoms with Crippen LogP contribution in [0.25, 0.3) is 5.65 Å². The molecule has 0 saturated carbocycles. The predicted octanol–water partition coefficient (Wildman–Crippen LogP) is 3.30. The number of hydrogen-bond acceptors (Lipinski definition) is 5. The van der Waals surface area contributed by atoms with E-state index in [1.807, 2.05) is 16.8 Å². The summed E-state index contributed by atoms with van der Waals surface area (Å²) in [6, 6.07) is 6.34. The highest BCUT2D eigenvalue weighted by molar-refractivity contribution is 5.51. The fraction of sp³-hybridized carbons (Fsp3) is 0.500. The molecule has 2 saturated heterocycles. The van der Waals surface area contributed by atoms with Crippen LogP contribution < -0.4 is 4.90 Å². The Bertz CT molecular complexity index is 866. The quantitative estimate of drug-likeness (QED) is 0.722. The van der Waals surface area contributed by atoms with Crippen LogP contribution >= 0.6 is 0 Å². The average Bonchev–Trinajstić information content (AvgIpc) is 3.42. The molecule has 1 unspecified atom stereocenters. The molecule has 6 nitrogen and oxygen atoms in total. The van der Waals surface area contributed by atoms with Gasteiger partial charge in [-0.15, -0.1) is 0 Å². The fourth-order valence-electron chi connectivity index (χ4n) is 4.28. The first kappa shape index (κ1) is 15.9. The van der Waals surface area contributed by atoms with Gasteiger partial charge in [0.15, 0.2) is 11.5 Å². The second kappa shape index (κ2) is 6.76. The number of rotatable bonds is 4. The summed E-state index contributed by atoms with van der Waals surface area (Å²) < 4.78 is 7.17. The molecule has 0 aliphatic carbocycles. The average molecular weight is 351 g/mol. The first-order chi connectivity index (χ1) is 12.8. The van der Waals surface area contributed by atoms with Crippen LogP contribution in [-0.4, -0.2) is 45.7 Å². The minimum absolute atomic E-state index is 0.408. The number of piperidine rings is 1. The number of furan rings is 1. The monoisotopic (exact) mass is 351 g/mol. The smallest absolute Gasteiger partial charge is 0.156 e. The van der Waals surface area contributed by atoms with Crippen LogP contribution in [0, 0.1) is 0 Å². The van der Waals surface area contributed by atoms with E-state index in [9.17, 15) is 0 Å². The van der Waals surface area contributed by atoms with Crippen molar-refractivity contribution in [1.29, 1.82) is 0 Å². The van der Waals surface area contributed by atoms with E-state index in [1.54, 1.807) is 6.26 Å². The molecular weight excluding hydrogens is 326 g/mol. The second-order valence-corrected chi connectivity index (χ2v) is 7.56. The molecule has 6 heteroatoms. The van der Waals surface area contributed by atoms with Gasteiger partial charge in [-0.25, -0.2) is 9.50 Å². The lowest BCUT2D eigenvalue weighted by Crippen LogP contribution is -2.34. The molecule has 136 valence electrons. The SMILES string of the molecule is c1cc(CN2CCCC(c3nc4ccc(N5CCCC5)cn4n3)C2)co1. The number of fused-ring (bicyclic) bond motifs is 1. The fourth-order valence-corrected chi connectivity index (χ4v) is 4.28. The van der Waals surface area contributed by atoms with Gasteiger partial charge in [-0.1, -0.05) is 0 Å². The Morgan fingerprint density at radius 1 is 1.08 bits per heavy atom. The van der Waals surface area contributed by atoms with Gasteiger partial charge >= 0.3 is 0 Å². The first-order valence-corrected chi connectivity index (χ1v) is 9.70. The highest BCUT2D eigenvalue weighted by atomic mass is 16.3. The van der Waals surface area contributed by atoms with E-state index in [0.717, 1.165) is 50.6 Å². The molecule has 0 radical (unpaired) electrons. The number of likely N-dealkylation sites (tertiary alicyclic amines) is 1. The topological polar surface area (TPSA) is 49.8 Å². The van der Waals surface area contributed by atoms with E-state index in [0.29, 0.717) is 5.92 Å². The van der Waals surface area contributed by atoms with Crippen molar-refractivity contribution in [3.63, 3.8) is 0 Å². The van der Waals surface area contributed by atoms with Gasteiger partial charge in [-0.05, 0) is 50.4 Å². The molecule has 1 atom stereocenters. The molecule has 26 heavy (non-hydrogen) atoms. The van der Waals surface area contributed by atoms with Gasteiger partial charge in [0.2, 0.25) is 0 Å². The molecule has 0 bridgehead atoms. The van der Waals surface area contributed by atoms with Gasteiger partial charge in [0.25, 0.3) is 0 Å². The molecule has 0 aromatic carbocycles. The molecule has 0 N–H and O–H groups in total.